The number of hydrogen-bond acceptors (Lipinski definition) is 3. The molecule has 1 heterocycles. The molecule has 0 bridgehead atoms. The summed E-state index contributed by atoms with van der Waals surface area (Å²) in [6.07, 6.45) is 0. The van der Waals surface area contributed by atoms with Gasteiger partial charge >= 0.3 is 0 Å². The van der Waals surface area contributed by atoms with Crippen molar-refractivity contribution in [3.8, 4) is 17.2 Å². The molecule has 60 valence electrons. The highest BCUT2D eigenvalue weighted by Gasteiger charge is 2.12. The Morgan fingerprint density at radius 3 is 2.73 bits per heavy atom. The van der Waals surface area contributed by atoms with Gasteiger partial charge in [0, 0.05) is 6.07 Å². The average Bonchev–Trinajstić information content (AvgIpc) is 2.33. The van der Waals surface area contributed by atoms with Gasteiger partial charge in [-0.05, 0) is 12.1 Å². The maximum Gasteiger partial charge on any atom is 0.231 e. The highest BCUT2D eigenvalue weighted by Crippen LogP contribution is 2.34. The summed E-state index contributed by atoms with van der Waals surface area (Å²) < 4.78 is 10.0. The normalized spacial score (nSPS) is 12.4. The van der Waals surface area contributed by atoms with Gasteiger partial charge < -0.3 is 14.6 Å². The Labute approximate surface area is 74.3 Å². The van der Waals surface area contributed by atoms with Crippen LogP contribution in [0.1, 0.15) is 0 Å². The van der Waals surface area contributed by atoms with Gasteiger partial charge in [0.2, 0.25) is 6.79 Å². The fourth-order valence-corrected chi connectivity index (χ4v) is 0.885. The molecule has 1 aliphatic rings. The van der Waals surface area contributed by atoms with Crippen LogP contribution in [0, 0.1) is 0 Å². The van der Waals surface area contributed by atoms with E-state index < -0.39 is 0 Å². The molecule has 1 N–H and O–H groups in total. The maximum absolute atomic E-state index is 8.96. The molecule has 0 aliphatic carbocycles. The molecule has 4 heteroatoms. The summed E-state index contributed by atoms with van der Waals surface area (Å²) in [6.45, 7) is 0.249. The Morgan fingerprint density at radius 1 is 1.18 bits per heavy atom. The number of phenolic OH excluding ortho intramolecular Hbond substituents is 1. The third kappa shape index (κ3) is 1.40. The van der Waals surface area contributed by atoms with Crippen molar-refractivity contribution in [3.05, 3.63) is 18.2 Å². The topological polar surface area (TPSA) is 38.7 Å². The lowest BCUT2D eigenvalue weighted by Crippen LogP contribution is -1.92. The predicted octanol–water partition coefficient (Wildman–Crippen LogP) is 1.70. The first kappa shape index (κ1) is 8.20. The zero-order valence-electron chi connectivity index (χ0n) is 5.61. The smallest absolute Gasteiger partial charge is 0.231 e. The molecule has 0 spiro atoms. The van der Waals surface area contributed by atoms with E-state index in [9.17, 15) is 0 Å². The molecule has 0 radical (unpaired) electrons. The van der Waals surface area contributed by atoms with E-state index in [0.717, 1.165) is 0 Å². The summed E-state index contributed by atoms with van der Waals surface area (Å²) >= 11 is 0. The second-order valence-electron chi connectivity index (χ2n) is 2.04. The summed E-state index contributed by atoms with van der Waals surface area (Å²) in [6, 6.07) is 4.77. The number of aromatic hydroxyl groups is 1. The van der Waals surface area contributed by atoms with Crippen LogP contribution < -0.4 is 9.47 Å². The lowest BCUT2D eigenvalue weighted by atomic mass is 10.3. The quantitative estimate of drug-likeness (QED) is 0.721. The summed E-state index contributed by atoms with van der Waals surface area (Å²) in [4.78, 5) is 0. The molecule has 11 heavy (non-hydrogen) atoms. The highest BCUT2D eigenvalue weighted by atomic mass is 79.9. The van der Waals surface area contributed by atoms with Gasteiger partial charge in [-0.3, -0.25) is 0 Å². The second-order valence-corrected chi connectivity index (χ2v) is 2.04. The Bertz CT molecular complexity index is 262. The summed E-state index contributed by atoms with van der Waals surface area (Å²) in [5.41, 5.74) is 0. The maximum atomic E-state index is 8.96. The number of benzene rings is 1. The van der Waals surface area contributed by atoms with E-state index in [4.69, 9.17) is 14.6 Å². The monoisotopic (exact) mass is 218 g/mol. The number of halogens is 1. The first-order chi connectivity index (χ1) is 4.86. The predicted molar refractivity (Wildman–Crippen MR) is 44.6 cm³/mol. The number of ether oxygens (including phenoxy) is 2. The molecule has 2 rings (SSSR count). The molecule has 0 fully saturated rings. The molecule has 0 saturated carbocycles. The van der Waals surface area contributed by atoms with Crippen LogP contribution in [-0.4, -0.2) is 11.9 Å². The Morgan fingerprint density at radius 2 is 1.91 bits per heavy atom. The third-order valence-corrected chi connectivity index (χ3v) is 1.36. The Hall–Kier alpha value is -0.900. The number of fused-ring (bicyclic) bond motifs is 1. The number of phenols is 1. The van der Waals surface area contributed by atoms with E-state index in [1.807, 2.05) is 0 Å². The van der Waals surface area contributed by atoms with Crippen LogP contribution in [0.15, 0.2) is 18.2 Å². The van der Waals surface area contributed by atoms with Crippen molar-refractivity contribution >= 4 is 17.0 Å². The van der Waals surface area contributed by atoms with Crippen molar-refractivity contribution in [3.63, 3.8) is 0 Å². The molecule has 0 saturated heterocycles. The van der Waals surface area contributed by atoms with E-state index >= 15 is 0 Å². The molecule has 3 nitrogen and oxygen atoms in total. The zero-order valence-corrected chi connectivity index (χ0v) is 7.32. The molecule has 0 aromatic heterocycles. The molecular weight excluding hydrogens is 212 g/mol. The van der Waals surface area contributed by atoms with Crippen molar-refractivity contribution in [1.29, 1.82) is 0 Å². The fourth-order valence-electron chi connectivity index (χ4n) is 0.885. The van der Waals surface area contributed by atoms with Crippen molar-refractivity contribution < 1.29 is 14.6 Å². The minimum absolute atomic E-state index is 0. The van der Waals surface area contributed by atoms with Crippen LogP contribution in [-0.2, 0) is 0 Å². The Kier molecular flexibility index (Phi) is 2.24. The molecule has 1 aromatic carbocycles. The van der Waals surface area contributed by atoms with Gasteiger partial charge in [0.1, 0.15) is 5.75 Å². The molecule has 1 aromatic rings. The highest BCUT2D eigenvalue weighted by molar-refractivity contribution is 8.93. The van der Waals surface area contributed by atoms with Gasteiger partial charge in [-0.25, -0.2) is 0 Å². The molecular formula is C7H7BrO3. The standard InChI is InChI=1S/C7H6O3.BrH/c8-5-1-2-6-7(3-5)10-4-9-6;/h1-3,8H,4H2;1H. The van der Waals surface area contributed by atoms with Gasteiger partial charge in [-0.1, -0.05) is 0 Å². The lowest BCUT2D eigenvalue weighted by molar-refractivity contribution is 0.174. The fraction of sp³-hybridized carbons (Fsp3) is 0.143. The van der Waals surface area contributed by atoms with Crippen molar-refractivity contribution in [1.82, 2.24) is 0 Å². The summed E-state index contributed by atoms with van der Waals surface area (Å²) in [5, 5.41) is 8.96. The van der Waals surface area contributed by atoms with Gasteiger partial charge in [0.05, 0.1) is 0 Å². The molecule has 0 atom stereocenters. The van der Waals surface area contributed by atoms with Gasteiger partial charge in [0.15, 0.2) is 11.5 Å². The first-order valence-electron chi connectivity index (χ1n) is 2.95. The van der Waals surface area contributed by atoms with E-state index in [0.29, 0.717) is 11.5 Å². The van der Waals surface area contributed by atoms with E-state index in [1.165, 1.54) is 6.07 Å². The van der Waals surface area contributed by atoms with Crippen molar-refractivity contribution in [2.75, 3.05) is 6.79 Å². The number of rotatable bonds is 0. The number of hydrogen-bond donors (Lipinski definition) is 1. The van der Waals surface area contributed by atoms with Crippen LogP contribution in [0.4, 0.5) is 0 Å². The van der Waals surface area contributed by atoms with E-state index in [1.54, 1.807) is 12.1 Å². The largest absolute Gasteiger partial charge is 0.508 e. The minimum atomic E-state index is 0. The van der Waals surface area contributed by atoms with E-state index in [2.05, 4.69) is 0 Å². The van der Waals surface area contributed by atoms with Crippen LogP contribution >= 0.6 is 17.0 Å². The van der Waals surface area contributed by atoms with Crippen molar-refractivity contribution in [2.24, 2.45) is 0 Å². The van der Waals surface area contributed by atoms with E-state index in [-0.39, 0.29) is 29.5 Å². The third-order valence-electron chi connectivity index (χ3n) is 1.36. The van der Waals surface area contributed by atoms with Gasteiger partial charge in [-0.15, -0.1) is 17.0 Å². The van der Waals surface area contributed by atoms with Crippen LogP contribution in [0.5, 0.6) is 17.2 Å². The van der Waals surface area contributed by atoms with Crippen LogP contribution in [0.3, 0.4) is 0 Å². The molecule has 1 aliphatic heterocycles. The van der Waals surface area contributed by atoms with Gasteiger partial charge in [0.25, 0.3) is 0 Å². The lowest BCUT2D eigenvalue weighted by Gasteiger charge is -1.93. The van der Waals surface area contributed by atoms with Crippen molar-refractivity contribution in [2.45, 2.75) is 0 Å². The Balaban J connectivity index is 0.000000605. The second kappa shape index (κ2) is 3.00. The van der Waals surface area contributed by atoms with Gasteiger partial charge in [-0.2, -0.15) is 0 Å². The van der Waals surface area contributed by atoms with Crippen LogP contribution in [0.25, 0.3) is 0 Å². The first-order valence-corrected chi connectivity index (χ1v) is 2.95. The molecule has 0 unspecified atom stereocenters. The SMILES string of the molecule is Br.Oc1ccc2c(c1)OCO2. The molecule has 0 amide bonds. The average molecular weight is 219 g/mol. The van der Waals surface area contributed by atoms with Crippen LogP contribution in [0.2, 0.25) is 0 Å². The minimum Gasteiger partial charge on any atom is -0.508 e. The zero-order chi connectivity index (χ0) is 6.97. The summed E-state index contributed by atoms with van der Waals surface area (Å²) in [7, 11) is 0. The summed E-state index contributed by atoms with van der Waals surface area (Å²) in [5.74, 6) is 1.50.